The van der Waals surface area contributed by atoms with Crippen molar-refractivity contribution in [2.24, 2.45) is 0 Å². The number of ether oxygens (including phenoxy) is 1. The number of nitro benzene ring substituents is 1. The molecule has 0 fully saturated rings. The van der Waals surface area contributed by atoms with Gasteiger partial charge in [0.25, 0.3) is 5.69 Å². The van der Waals surface area contributed by atoms with Crippen molar-refractivity contribution in [3.05, 3.63) is 33.9 Å². The lowest BCUT2D eigenvalue weighted by Crippen LogP contribution is -2.08. The number of hydrogen-bond donors (Lipinski definition) is 3. The van der Waals surface area contributed by atoms with Gasteiger partial charge < -0.3 is 4.74 Å². The highest BCUT2D eigenvalue weighted by atomic mass is 31.2. The predicted octanol–water partition coefficient (Wildman–Crippen LogP) is 0.483. The highest BCUT2D eigenvalue weighted by Gasteiger charge is 2.45. The van der Waals surface area contributed by atoms with E-state index < -0.39 is 29.6 Å². The van der Waals surface area contributed by atoms with Crippen molar-refractivity contribution in [3.63, 3.8) is 0 Å². The van der Waals surface area contributed by atoms with Crippen LogP contribution in [0.1, 0.15) is 10.4 Å². The van der Waals surface area contributed by atoms with Gasteiger partial charge in [0.2, 0.25) is 0 Å². The summed E-state index contributed by atoms with van der Waals surface area (Å²) in [6.45, 7) is 0. The maximum absolute atomic E-state index is 11.4. The second kappa shape index (κ2) is 4.72. The smallest absolute Gasteiger partial charge is 0.484 e. The summed E-state index contributed by atoms with van der Waals surface area (Å²) in [5, 5.41) is 10.5. The third-order valence-electron chi connectivity index (χ3n) is 1.90. The minimum absolute atomic E-state index is 0.0953. The minimum atomic E-state index is -4.76. The normalized spacial score (nSPS) is 11.1. The van der Waals surface area contributed by atoms with Crippen LogP contribution in [-0.2, 0) is 0 Å². The van der Waals surface area contributed by atoms with Gasteiger partial charge in [-0.3, -0.25) is 10.1 Å². The molecule has 0 saturated carbocycles. The third-order valence-corrected chi connectivity index (χ3v) is 2.68. The first-order chi connectivity index (χ1) is 7.77. The van der Waals surface area contributed by atoms with Crippen LogP contribution in [0.15, 0.2) is 18.2 Å². The molecule has 0 unspecified atom stereocenters. The molecular weight excluding hydrogens is 253 g/mol. The van der Waals surface area contributed by atoms with Gasteiger partial charge >= 0.3 is 13.5 Å². The number of rotatable bonds is 4. The highest BCUT2D eigenvalue weighted by molar-refractivity contribution is 7.76. The van der Waals surface area contributed by atoms with Crippen LogP contribution in [0.5, 0.6) is 5.75 Å². The summed E-state index contributed by atoms with van der Waals surface area (Å²) in [6, 6.07) is 3.02. The van der Waals surface area contributed by atoms with Gasteiger partial charge in [0.15, 0.2) is 0 Å². The quantitative estimate of drug-likeness (QED) is 0.408. The first-order valence-electron chi connectivity index (χ1n) is 4.22. The predicted molar refractivity (Wildman–Crippen MR) is 57.6 cm³/mol. The average Bonchev–Trinajstić information content (AvgIpc) is 2.25. The zero-order valence-electron chi connectivity index (χ0n) is 8.60. The second-order valence-electron chi connectivity index (χ2n) is 3.02. The molecule has 0 aliphatic heterocycles. The summed E-state index contributed by atoms with van der Waals surface area (Å²) in [4.78, 5) is 47.7. The Kier molecular flexibility index (Phi) is 3.74. The standard InChI is InChI=1S/C8H9NO7P/c1-16-7-3-2-5(9(11)12)4-6(7)8(10)17(13,14)15/h2-4,13-15H,1H3/q+1. The lowest BCUT2D eigenvalue weighted by molar-refractivity contribution is -0.384. The summed E-state index contributed by atoms with van der Waals surface area (Å²) >= 11 is 0. The van der Waals surface area contributed by atoms with Crippen molar-refractivity contribution in [1.29, 1.82) is 0 Å². The first kappa shape index (κ1) is 13.5. The Morgan fingerprint density at radius 3 is 2.41 bits per heavy atom. The largest absolute Gasteiger partial charge is 0.496 e. The lowest BCUT2D eigenvalue weighted by atomic mass is 10.2. The molecule has 1 aromatic carbocycles. The number of hydrogen-bond acceptors (Lipinski definition) is 7. The molecule has 17 heavy (non-hydrogen) atoms. The van der Waals surface area contributed by atoms with E-state index in [9.17, 15) is 14.9 Å². The number of nitro groups is 1. The van der Waals surface area contributed by atoms with E-state index in [-0.39, 0.29) is 5.75 Å². The molecule has 0 aliphatic rings. The molecule has 0 spiro atoms. The van der Waals surface area contributed by atoms with E-state index in [1.807, 2.05) is 0 Å². The van der Waals surface area contributed by atoms with Gasteiger partial charge in [0.05, 0.1) is 12.0 Å². The first-order valence-corrected chi connectivity index (χ1v) is 5.86. The molecule has 9 heteroatoms. The molecule has 1 rings (SSSR count). The maximum Gasteiger partial charge on any atom is 0.484 e. The van der Waals surface area contributed by atoms with E-state index in [0.29, 0.717) is 0 Å². The maximum atomic E-state index is 11.4. The van der Waals surface area contributed by atoms with Crippen LogP contribution in [0.2, 0.25) is 0 Å². The molecule has 0 aliphatic carbocycles. The van der Waals surface area contributed by atoms with Gasteiger partial charge in [0, 0.05) is 12.1 Å². The highest BCUT2D eigenvalue weighted by Crippen LogP contribution is 2.49. The fourth-order valence-corrected chi connectivity index (χ4v) is 1.64. The molecular formula is C8H9NO7P+. The van der Waals surface area contributed by atoms with Gasteiger partial charge in [-0.15, -0.1) is 0 Å². The Labute approximate surface area is 95.8 Å². The molecule has 0 atom stereocenters. The molecule has 92 valence electrons. The topological polar surface area (TPSA) is 130 Å². The number of nitrogens with zero attached hydrogens (tertiary/aromatic N) is 1. The van der Waals surface area contributed by atoms with Crippen molar-refractivity contribution in [2.75, 3.05) is 7.11 Å². The van der Waals surface area contributed by atoms with Gasteiger partial charge in [-0.2, -0.15) is 14.7 Å². The van der Waals surface area contributed by atoms with Crippen molar-refractivity contribution in [1.82, 2.24) is 0 Å². The van der Waals surface area contributed by atoms with E-state index >= 15 is 0 Å². The summed E-state index contributed by atoms with van der Waals surface area (Å²) in [6.07, 6.45) is 0. The minimum Gasteiger partial charge on any atom is -0.496 e. The Morgan fingerprint density at radius 2 is 2.00 bits per heavy atom. The van der Waals surface area contributed by atoms with Crippen LogP contribution in [0.4, 0.5) is 5.69 Å². The Hall–Kier alpha value is -1.60. The Morgan fingerprint density at radius 1 is 1.41 bits per heavy atom. The van der Waals surface area contributed by atoms with Crippen molar-refractivity contribution < 1.29 is 29.1 Å². The summed E-state index contributed by atoms with van der Waals surface area (Å²) < 4.78 is 4.74. The number of non-ortho nitro benzene ring substituents is 1. The van der Waals surface area contributed by atoms with Gasteiger partial charge in [-0.25, -0.2) is 4.79 Å². The van der Waals surface area contributed by atoms with E-state index in [4.69, 9.17) is 19.4 Å². The number of benzene rings is 1. The van der Waals surface area contributed by atoms with Crippen molar-refractivity contribution in [2.45, 2.75) is 0 Å². The summed E-state index contributed by atoms with van der Waals surface area (Å²) in [7, 11) is -3.56. The van der Waals surface area contributed by atoms with Gasteiger partial charge in [-0.05, 0) is 6.07 Å². The molecule has 0 bridgehead atoms. The zero-order chi connectivity index (χ0) is 13.2. The molecule has 0 aromatic heterocycles. The second-order valence-corrected chi connectivity index (χ2v) is 4.56. The van der Waals surface area contributed by atoms with E-state index in [2.05, 4.69) is 0 Å². The Balaban J connectivity index is 3.33. The van der Waals surface area contributed by atoms with Crippen LogP contribution in [0, 0.1) is 10.1 Å². The monoisotopic (exact) mass is 262 g/mol. The fourth-order valence-electron chi connectivity index (χ4n) is 1.14. The third kappa shape index (κ3) is 2.95. The van der Waals surface area contributed by atoms with Crippen molar-refractivity contribution >= 4 is 19.2 Å². The molecule has 0 radical (unpaired) electrons. The number of methoxy groups -OCH3 is 1. The number of carbonyl (C=O) groups is 1. The summed E-state index contributed by atoms with van der Waals surface area (Å²) in [5.74, 6) is -0.0953. The van der Waals surface area contributed by atoms with E-state index in [0.717, 1.165) is 18.2 Å². The molecule has 8 nitrogen and oxygen atoms in total. The van der Waals surface area contributed by atoms with Crippen LogP contribution in [0.3, 0.4) is 0 Å². The average molecular weight is 262 g/mol. The van der Waals surface area contributed by atoms with E-state index in [1.54, 1.807) is 0 Å². The SMILES string of the molecule is COc1ccc([N+](=O)[O-])cc1C(=O)[P+](O)(O)O. The van der Waals surface area contributed by atoms with Crippen molar-refractivity contribution in [3.8, 4) is 5.75 Å². The Bertz CT molecular complexity index is 467. The zero-order valence-corrected chi connectivity index (χ0v) is 9.50. The summed E-state index contributed by atoms with van der Waals surface area (Å²) in [5.41, 5.74) is -2.29. The fraction of sp³-hybridized carbons (Fsp3) is 0.125. The molecule has 1 aromatic rings. The molecule has 0 saturated heterocycles. The molecule has 0 heterocycles. The lowest BCUT2D eigenvalue weighted by Gasteiger charge is -2.06. The van der Waals surface area contributed by atoms with Crippen LogP contribution < -0.4 is 4.74 Å². The van der Waals surface area contributed by atoms with Crippen LogP contribution >= 0.6 is 7.94 Å². The molecule has 0 amide bonds. The van der Waals surface area contributed by atoms with Gasteiger partial charge in [0.1, 0.15) is 11.3 Å². The van der Waals surface area contributed by atoms with Gasteiger partial charge in [-0.1, -0.05) is 0 Å². The van der Waals surface area contributed by atoms with E-state index in [1.165, 1.54) is 7.11 Å². The number of carbonyl (C=O) groups excluding carboxylic acids is 1. The van der Waals surface area contributed by atoms with Crippen LogP contribution in [0.25, 0.3) is 0 Å². The van der Waals surface area contributed by atoms with Crippen LogP contribution in [-0.4, -0.2) is 32.2 Å². The molecule has 3 N–H and O–H groups in total.